The molecule has 2 rings (SSSR count). The number of benzene rings is 2. The Kier molecular flexibility index (Phi) is 4.15. The van der Waals surface area contributed by atoms with Gasteiger partial charge in [-0.25, -0.2) is 4.99 Å². The van der Waals surface area contributed by atoms with Crippen LogP contribution in [0.2, 0.25) is 0 Å². The van der Waals surface area contributed by atoms with Crippen LogP contribution in [0, 0.1) is 0 Å². The van der Waals surface area contributed by atoms with Crippen LogP contribution in [0.1, 0.15) is 18.1 Å². The second kappa shape index (κ2) is 6.02. The van der Waals surface area contributed by atoms with Crippen molar-refractivity contribution >= 4 is 11.5 Å². The molecule has 0 amide bonds. The molecule has 0 aliphatic rings. The van der Waals surface area contributed by atoms with Gasteiger partial charge in [0.15, 0.2) is 5.84 Å². The fraction of sp³-hybridized carbons (Fsp3) is 0.125. The molecule has 0 heterocycles. The third-order valence-corrected chi connectivity index (χ3v) is 2.92. The van der Waals surface area contributed by atoms with Crippen molar-refractivity contribution in [2.45, 2.75) is 6.92 Å². The van der Waals surface area contributed by atoms with Crippen molar-refractivity contribution in [3.05, 3.63) is 59.7 Å². The molecule has 0 aliphatic carbocycles. The maximum absolute atomic E-state index is 9.85. The van der Waals surface area contributed by atoms with Crippen molar-refractivity contribution in [2.75, 3.05) is 7.05 Å². The Morgan fingerprint density at radius 2 is 1.35 bits per heavy atom. The molecular weight excluding hydrogens is 252 g/mol. The summed E-state index contributed by atoms with van der Waals surface area (Å²) in [5, 5.41) is 19.7. The number of phenols is 2. The van der Waals surface area contributed by atoms with Gasteiger partial charge in [0.25, 0.3) is 0 Å². The Morgan fingerprint density at radius 3 is 1.85 bits per heavy atom. The van der Waals surface area contributed by atoms with E-state index >= 15 is 0 Å². The van der Waals surface area contributed by atoms with Crippen LogP contribution in [-0.2, 0) is 0 Å². The number of aliphatic imine (C=N–C) groups is 2. The SMILES string of the molecule is C/N=C(\N=C(/C)c1ccccc1O)c1ccccc1O. The van der Waals surface area contributed by atoms with Crippen molar-refractivity contribution in [3.8, 4) is 11.5 Å². The Bertz CT molecular complexity index is 676. The molecule has 2 N–H and O–H groups in total. The van der Waals surface area contributed by atoms with Crippen LogP contribution in [0.5, 0.6) is 11.5 Å². The molecule has 0 bridgehead atoms. The predicted molar refractivity (Wildman–Crippen MR) is 80.9 cm³/mol. The quantitative estimate of drug-likeness (QED) is 0.649. The van der Waals surface area contributed by atoms with Crippen molar-refractivity contribution in [1.29, 1.82) is 0 Å². The Labute approximate surface area is 117 Å². The van der Waals surface area contributed by atoms with E-state index in [1.165, 1.54) is 0 Å². The van der Waals surface area contributed by atoms with E-state index in [0.29, 0.717) is 22.7 Å². The van der Waals surface area contributed by atoms with Gasteiger partial charge in [0, 0.05) is 12.6 Å². The molecule has 0 fully saturated rings. The zero-order valence-electron chi connectivity index (χ0n) is 11.4. The van der Waals surface area contributed by atoms with Crippen molar-refractivity contribution in [3.63, 3.8) is 0 Å². The molecule has 4 nitrogen and oxygen atoms in total. The van der Waals surface area contributed by atoms with Gasteiger partial charge in [-0.3, -0.25) is 4.99 Å². The highest BCUT2D eigenvalue weighted by molar-refractivity contribution is 6.13. The number of para-hydroxylation sites is 2. The van der Waals surface area contributed by atoms with Crippen LogP contribution in [0.3, 0.4) is 0 Å². The van der Waals surface area contributed by atoms with Gasteiger partial charge in [0.2, 0.25) is 0 Å². The van der Waals surface area contributed by atoms with Gasteiger partial charge >= 0.3 is 0 Å². The van der Waals surface area contributed by atoms with E-state index in [2.05, 4.69) is 9.98 Å². The van der Waals surface area contributed by atoms with E-state index in [1.807, 2.05) is 12.1 Å². The lowest BCUT2D eigenvalue weighted by atomic mass is 10.1. The molecule has 0 spiro atoms. The van der Waals surface area contributed by atoms with Crippen LogP contribution >= 0.6 is 0 Å². The van der Waals surface area contributed by atoms with Crippen LogP contribution in [0.15, 0.2) is 58.5 Å². The lowest BCUT2D eigenvalue weighted by molar-refractivity contribution is 0.474. The fourth-order valence-electron chi connectivity index (χ4n) is 1.89. The molecule has 0 saturated heterocycles. The molecule has 102 valence electrons. The maximum atomic E-state index is 9.85. The lowest BCUT2D eigenvalue weighted by Gasteiger charge is -2.07. The summed E-state index contributed by atoms with van der Waals surface area (Å²) in [5.41, 5.74) is 1.83. The molecule has 0 atom stereocenters. The van der Waals surface area contributed by atoms with E-state index in [4.69, 9.17) is 0 Å². The van der Waals surface area contributed by atoms with Crippen LogP contribution in [0.25, 0.3) is 0 Å². The van der Waals surface area contributed by atoms with E-state index in [9.17, 15) is 10.2 Å². The van der Waals surface area contributed by atoms with Gasteiger partial charge in [-0.15, -0.1) is 0 Å². The van der Waals surface area contributed by atoms with Gasteiger partial charge in [0.1, 0.15) is 11.5 Å². The number of hydrogen-bond donors (Lipinski definition) is 2. The minimum atomic E-state index is 0.127. The van der Waals surface area contributed by atoms with Gasteiger partial charge in [-0.2, -0.15) is 0 Å². The summed E-state index contributed by atoms with van der Waals surface area (Å²) in [5.74, 6) is 0.715. The number of aromatic hydroxyl groups is 2. The molecule has 2 aromatic carbocycles. The van der Waals surface area contributed by atoms with Gasteiger partial charge < -0.3 is 10.2 Å². The summed E-state index contributed by atoms with van der Waals surface area (Å²) in [6.45, 7) is 1.79. The maximum Gasteiger partial charge on any atom is 0.158 e. The zero-order chi connectivity index (χ0) is 14.5. The van der Waals surface area contributed by atoms with Crippen molar-refractivity contribution < 1.29 is 10.2 Å². The minimum Gasteiger partial charge on any atom is -0.507 e. The zero-order valence-corrected chi connectivity index (χ0v) is 11.4. The molecular formula is C16H16N2O2. The third kappa shape index (κ3) is 2.85. The van der Waals surface area contributed by atoms with E-state index < -0.39 is 0 Å². The average Bonchev–Trinajstić information content (AvgIpc) is 2.46. The van der Waals surface area contributed by atoms with Crippen LogP contribution < -0.4 is 0 Å². The number of phenolic OH excluding ortho intramolecular Hbond substituents is 2. The molecule has 0 unspecified atom stereocenters. The summed E-state index contributed by atoms with van der Waals surface area (Å²) in [6.07, 6.45) is 0. The number of amidine groups is 1. The highest BCUT2D eigenvalue weighted by Gasteiger charge is 2.09. The molecule has 0 aromatic heterocycles. The predicted octanol–water partition coefficient (Wildman–Crippen LogP) is 2.98. The average molecular weight is 268 g/mol. The molecule has 20 heavy (non-hydrogen) atoms. The number of hydrogen-bond acceptors (Lipinski definition) is 3. The minimum absolute atomic E-state index is 0.127. The first-order valence-corrected chi connectivity index (χ1v) is 6.22. The smallest absolute Gasteiger partial charge is 0.158 e. The highest BCUT2D eigenvalue weighted by atomic mass is 16.3. The summed E-state index contributed by atoms with van der Waals surface area (Å²) in [6, 6.07) is 13.9. The Hall–Kier alpha value is -2.62. The Morgan fingerprint density at radius 1 is 0.850 bits per heavy atom. The standard InChI is InChI=1S/C16H16N2O2/c1-11(12-7-3-5-9-14(12)19)18-16(17-2)13-8-4-6-10-15(13)20/h3-10,19-20H,1-2H3/b17-16-,18-11+. The monoisotopic (exact) mass is 268 g/mol. The Balaban J connectivity index is 2.43. The molecule has 0 radical (unpaired) electrons. The summed E-state index contributed by atoms with van der Waals surface area (Å²) >= 11 is 0. The van der Waals surface area contributed by atoms with Gasteiger partial charge in [-0.05, 0) is 31.2 Å². The van der Waals surface area contributed by atoms with E-state index in [0.717, 1.165) is 0 Å². The molecule has 0 saturated carbocycles. The van der Waals surface area contributed by atoms with E-state index in [-0.39, 0.29) is 11.5 Å². The summed E-state index contributed by atoms with van der Waals surface area (Å²) in [7, 11) is 1.61. The van der Waals surface area contributed by atoms with E-state index in [1.54, 1.807) is 50.4 Å². The van der Waals surface area contributed by atoms with Crippen molar-refractivity contribution in [1.82, 2.24) is 0 Å². The first-order chi connectivity index (χ1) is 9.63. The second-order valence-corrected chi connectivity index (χ2v) is 4.28. The molecule has 4 heteroatoms. The normalized spacial score (nSPS) is 12.5. The molecule has 0 aliphatic heterocycles. The highest BCUT2D eigenvalue weighted by Crippen LogP contribution is 2.20. The van der Waals surface area contributed by atoms with Crippen LogP contribution in [-0.4, -0.2) is 28.8 Å². The number of nitrogens with zero attached hydrogens (tertiary/aromatic N) is 2. The lowest BCUT2D eigenvalue weighted by Crippen LogP contribution is -2.04. The number of rotatable bonds is 2. The van der Waals surface area contributed by atoms with Gasteiger partial charge in [0.05, 0.1) is 11.3 Å². The summed E-state index contributed by atoms with van der Waals surface area (Å²) in [4.78, 5) is 8.51. The first kappa shape index (κ1) is 13.8. The molecule has 2 aromatic rings. The third-order valence-electron chi connectivity index (χ3n) is 2.92. The summed E-state index contributed by atoms with van der Waals surface area (Å²) < 4.78 is 0. The second-order valence-electron chi connectivity index (χ2n) is 4.28. The first-order valence-electron chi connectivity index (χ1n) is 6.22. The topological polar surface area (TPSA) is 65.2 Å². The fourth-order valence-corrected chi connectivity index (χ4v) is 1.89. The largest absolute Gasteiger partial charge is 0.507 e. The van der Waals surface area contributed by atoms with Crippen molar-refractivity contribution in [2.24, 2.45) is 9.98 Å². The van der Waals surface area contributed by atoms with Crippen LogP contribution in [0.4, 0.5) is 0 Å². The van der Waals surface area contributed by atoms with Gasteiger partial charge in [-0.1, -0.05) is 24.3 Å².